The SMILES string of the molecule is COc1ccc2c(CC(=O)N[C@H](CCCNC(=N)N)C(=O)N3CCC[C@H]3C(=O)N[C@@H](CC(C)C)C(=O)NCC(=O)N[C@@H](CCCCOCc3ccccc3)C(=O)N[C@@H](CNc3ccc([N+](=O)[O-])cc3[N+](=O)[O-])C(=O)N[C@@H](C)C(=O)N[C@H](CCCNC(=N)N)C(=O)N[C@H](CCC(=O)O)C(=O)N[C@H](CCCNC(=N)N)C(N)=O)cc(=O)oc2c1. The third kappa shape index (κ3) is 33.0. The Hall–Kier alpha value is -13.3. The molecule has 1 fully saturated rings. The molecule has 0 unspecified atom stereocenters. The number of guanidine groups is 3. The third-order valence-electron chi connectivity index (χ3n) is 18.2. The highest BCUT2D eigenvalue weighted by Gasteiger charge is 2.40. The molecule has 4 aromatic rings. The number of hydrogen-bond acceptors (Lipinski definition) is 24. The number of methoxy groups -OCH3 is 1. The van der Waals surface area contributed by atoms with Crippen LogP contribution in [0.25, 0.3) is 11.0 Å². The number of anilines is 1. The number of nitrogens with one attached hydrogen (secondary N) is 16. The number of aliphatic carboxylic acids is 1. The lowest BCUT2D eigenvalue weighted by atomic mass is 10.0. The number of nitrogens with two attached hydrogens (primary N) is 4. The minimum atomic E-state index is -1.89. The Kier molecular flexibility index (Phi) is 38.7. The third-order valence-corrected chi connectivity index (χ3v) is 18.2. The van der Waals surface area contributed by atoms with Crippen LogP contribution in [0, 0.1) is 42.4 Å². The summed E-state index contributed by atoms with van der Waals surface area (Å²) in [6, 6.07) is 3.93. The van der Waals surface area contributed by atoms with Gasteiger partial charge in [0.15, 0.2) is 17.9 Å². The van der Waals surface area contributed by atoms with Gasteiger partial charge in [-0.15, -0.1) is 0 Å². The van der Waals surface area contributed by atoms with E-state index < -0.39 is 190 Å². The molecule has 1 saturated heterocycles. The summed E-state index contributed by atoms with van der Waals surface area (Å²) >= 11 is 0. The summed E-state index contributed by atoms with van der Waals surface area (Å²) in [5.74, 6) is -12.9. The number of nitro groups is 2. The molecule has 0 radical (unpaired) electrons. The normalized spacial score (nSPS) is 14.3. The molecule has 25 N–H and O–H groups in total. The van der Waals surface area contributed by atoms with Crippen molar-refractivity contribution in [3.8, 4) is 5.75 Å². The number of unbranched alkanes of at least 4 members (excludes halogenated alkanes) is 1. The predicted molar refractivity (Wildman–Crippen MR) is 423 cm³/mol. The van der Waals surface area contributed by atoms with E-state index in [1.807, 2.05) is 30.3 Å². The Morgan fingerprint density at radius 2 is 1.17 bits per heavy atom. The number of benzene rings is 3. The summed E-state index contributed by atoms with van der Waals surface area (Å²) in [5.41, 5.74) is 20.4. The molecular formula is C73H105N23O21. The Labute approximate surface area is 671 Å². The number of hydrogen-bond donors (Lipinski definition) is 21. The molecule has 5 rings (SSSR count). The number of nitrogens with zero attached hydrogens (tertiary/aromatic N) is 3. The number of carbonyl (C=O) groups excluding carboxylic acids is 11. The second kappa shape index (κ2) is 48.0. The molecule has 9 atom stereocenters. The quantitative estimate of drug-likeness (QED) is 0.00560. The average Bonchev–Trinajstić information content (AvgIpc) is 1.63. The number of likely N-dealkylation sites (tertiary alicyclic amines) is 1. The monoisotopic (exact) mass is 1640 g/mol. The highest BCUT2D eigenvalue weighted by Crippen LogP contribution is 2.30. The second-order valence-electron chi connectivity index (χ2n) is 27.9. The molecule has 1 aromatic heterocycles. The first-order valence-corrected chi connectivity index (χ1v) is 37.7. The largest absolute Gasteiger partial charge is 0.497 e. The number of non-ortho nitro benzene ring substituents is 1. The molecule has 117 heavy (non-hydrogen) atoms. The van der Waals surface area contributed by atoms with Gasteiger partial charge in [-0.2, -0.15) is 0 Å². The van der Waals surface area contributed by atoms with Crippen molar-refractivity contribution in [2.45, 2.75) is 178 Å². The van der Waals surface area contributed by atoms with Gasteiger partial charge in [-0.1, -0.05) is 44.2 Å². The molecular weight excluding hydrogens is 1530 g/mol. The van der Waals surface area contributed by atoms with E-state index in [0.717, 1.165) is 30.7 Å². The summed E-state index contributed by atoms with van der Waals surface area (Å²) in [5, 5.41) is 89.5. The number of primary amides is 1. The van der Waals surface area contributed by atoms with Crippen LogP contribution in [0.15, 0.2) is 82.0 Å². The number of rotatable bonds is 51. The number of carboxylic acids is 1. The van der Waals surface area contributed by atoms with Crippen LogP contribution in [0.4, 0.5) is 17.1 Å². The lowest BCUT2D eigenvalue weighted by Gasteiger charge is -2.30. The first-order valence-electron chi connectivity index (χ1n) is 37.7. The van der Waals surface area contributed by atoms with Crippen LogP contribution >= 0.6 is 0 Å². The number of nitro benzene ring substituents is 2. The van der Waals surface area contributed by atoms with Gasteiger partial charge in [0.1, 0.15) is 71.4 Å². The van der Waals surface area contributed by atoms with E-state index in [-0.39, 0.29) is 145 Å². The van der Waals surface area contributed by atoms with Gasteiger partial charge in [-0.3, -0.25) is 94.0 Å². The molecule has 1 aliphatic heterocycles. The van der Waals surface area contributed by atoms with Gasteiger partial charge >= 0.3 is 11.6 Å². The fourth-order valence-electron chi connectivity index (χ4n) is 12.3. The highest BCUT2D eigenvalue weighted by molar-refractivity contribution is 5.99. The number of amides is 11. The van der Waals surface area contributed by atoms with Crippen molar-refractivity contribution in [3.05, 3.63) is 115 Å². The van der Waals surface area contributed by atoms with Crippen LogP contribution in [-0.2, 0) is 75.3 Å². The van der Waals surface area contributed by atoms with Gasteiger partial charge < -0.3 is 116 Å². The Bertz CT molecular complexity index is 4260. The van der Waals surface area contributed by atoms with E-state index >= 15 is 0 Å². The van der Waals surface area contributed by atoms with E-state index in [4.69, 9.17) is 53.1 Å². The molecule has 638 valence electrons. The summed E-state index contributed by atoms with van der Waals surface area (Å²) in [4.78, 5) is 203. The van der Waals surface area contributed by atoms with Crippen LogP contribution in [-0.4, -0.2) is 216 Å². The van der Waals surface area contributed by atoms with E-state index in [9.17, 15) is 87.7 Å². The maximum Gasteiger partial charge on any atom is 0.336 e. The lowest BCUT2D eigenvalue weighted by molar-refractivity contribution is -0.393. The van der Waals surface area contributed by atoms with Crippen LogP contribution in [0.3, 0.4) is 0 Å². The molecule has 2 heterocycles. The van der Waals surface area contributed by atoms with Crippen LogP contribution < -0.4 is 102 Å². The first kappa shape index (κ1) is 94.3. The second-order valence-corrected chi connectivity index (χ2v) is 27.9. The Morgan fingerprint density at radius 1 is 0.607 bits per heavy atom. The van der Waals surface area contributed by atoms with Crippen molar-refractivity contribution in [1.82, 2.24) is 68.7 Å². The number of fused-ring (bicyclic) bond motifs is 1. The molecule has 44 nitrogen and oxygen atoms in total. The van der Waals surface area contributed by atoms with Gasteiger partial charge in [-0.25, -0.2) is 4.79 Å². The summed E-state index contributed by atoms with van der Waals surface area (Å²) in [6.07, 6.45) is -0.929. The predicted octanol–water partition coefficient (Wildman–Crippen LogP) is -2.15. The molecule has 44 heteroatoms. The van der Waals surface area contributed by atoms with E-state index in [1.165, 1.54) is 18.1 Å². The van der Waals surface area contributed by atoms with Gasteiger partial charge in [0, 0.05) is 69.3 Å². The van der Waals surface area contributed by atoms with Crippen molar-refractivity contribution in [3.63, 3.8) is 0 Å². The molecule has 0 bridgehead atoms. The van der Waals surface area contributed by atoms with Crippen molar-refractivity contribution in [2.24, 2.45) is 28.9 Å². The van der Waals surface area contributed by atoms with Crippen LogP contribution in [0.5, 0.6) is 5.75 Å². The molecule has 3 aromatic carbocycles. The van der Waals surface area contributed by atoms with Gasteiger partial charge in [0.25, 0.3) is 11.4 Å². The maximum atomic E-state index is 14.8. The summed E-state index contributed by atoms with van der Waals surface area (Å²) < 4.78 is 16.4. The van der Waals surface area contributed by atoms with Crippen LogP contribution in [0.2, 0.25) is 0 Å². The fraction of sp³-hybridized carbons (Fsp3) is 0.507. The Morgan fingerprint density at radius 3 is 1.76 bits per heavy atom. The zero-order valence-electron chi connectivity index (χ0n) is 65.2. The highest BCUT2D eigenvalue weighted by atomic mass is 16.6. The van der Waals surface area contributed by atoms with Crippen molar-refractivity contribution >= 4 is 117 Å². The van der Waals surface area contributed by atoms with Crippen LogP contribution in [0.1, 0.15) is 122 Å². The van der Waals surface area contributed by atoms with E-state index in [2.05, 4.69) is 69.1 Å². The lowest BCUT2D eigenvalue weighted by Crippen LogP contribution is -2.60. The van der Waals surface area contributed by atoms with Crippen molar-refractivity contribution in [2.75, 3.05) is 58.3 Å². The van der Waals surface area contributed by atoms with Gasteiger partial charge in [-0.05, 0) is 126 Å². The first-order chi connectivity index (χ1) is 55.5. The average molecular weight is 1640 g/mol. The minimum absolute atomic E-state index is 0.00195. The molecule has 1 aliphatic rings. The molecule has 0 spiro atoms. The number of ether oxygens (including phenoxy) is 2. The fourth-order valence-corrected chi connectivity index (χ4v) is 12.3. The molecule has 0 saturated carbocycles. The van der Waals surface area contributed by atoms with Crippen molar-refractivity contribution < 1.29 is 86.4 Å². The standard InChI is InChI=1S/C73H105N23O21/c1-40(2)32-53(92-69(109)55-20-13-30-94(55)70(110)52(19-12-29-83-73(79)80)88-58(97)33-43-34-61(101)117-57-36-45(115-4)22-23-46(43)57)64(104)85-38-59(98)87-49(16-8-9-31-116-39-42-14-6-5-7-15-42)65(105)93-54(37-84-47-24-21-44(95(111)112)35-56(47)96(113)114)68(108)86-41(3)63(103)90-50(18-11-28-82-72(77)78)66(106)91-51(25-26-60(99)100)67(107)89-48(62(74)102)17-10-27-81-71(75)76/h5-7,14-15,21-24,34-36,40-41,48-55,84H,8-13,16-20,25-33,37-39H2,1-4H3,(H2,74,102)(H,85,104)(H,86,108)(H,87,98)(H,88,97)(H,89,107)(H,90,103)(H,91,106)(H,92,109)(H,93,105)(H,99,100)(H4,75,76,81)(H4,77,78,82)(H4,79,80,83)/t41-,48+,49-,50+,51+,52+,53-,54-,55-/m0/s1. The van der Waals surface area contributed by atoms with Gasteiger partial charge in [0.05, 0.1) is 42.6 Å². The maximum absolute atomic E-state index is 14.8. The minimum Gasteiger partial charge on any atom is -0.497 e. The Balaban J connectivity index is 1.39. The number of carboxylic acid groups (broad SMARTS) is 1. The summed E-state index contributed by atoms with van der Waals surface area (Å²) in [7, 11) is 1.42. The summed E-state index contributed by atoms with van der Waals surface area (Å²) in [6.45, 7) is 3.63. The van der Waals surface area contributed by atoms with Crippen molar-refractivity contribution in [1.29, 1.82) is 16.2 Å². The van der Waals surface area contributed by atoms with Gasteiger partial charge in [0.2, 0.25) is 65.0 Å². The van der Waals surface area contributed by atoms with E-state index in [1.54, 1.807) is 26.0 Å². The topological polar surface area (TPSA) is 695 Å². The van der Waals surface area contributed by atoms with E-state index in [0.29, 0.717) is 23.6 Å². The zero-order chi connectivity index (χ0) is 86.4. The molecule has 0 aliphatic carbocycles. The molecule has 11 amide bonds. The zero-order valence-corrected chi connectivity index (χ0v) is 65.2. The number of carbonyl (C=O) groups is 12. The smallest absolute Gasteiger partial charge is 0.336 e.